The zero-order valence-corrected chi connectivity index (χ0v) is 7.58. The smallest absolute Gasteiger partial charge is 0.248 e. The van der Waals surface area contributed by atoms with Crippen molar-refractivity contribution in [2.45, 2.75) is 32.7 Å². The van der Waals surface area contributed by atoms with Crippen LogP contribution in [0.15, 0.2) is 5.10 Å². The third kappa shape index (κ3) is 1.64. The van der Waals surface area contributed by atoms with E-state index >= 15 is 0 Å². The van der Waals surface area contributed by atoms with Gasteiger partial charge in [-0.25, -0.2) is 5.01 Å². The van der Waals surface area contributed by atoms with E-state index < -0.39 is 0 Å². The molecule has 1 atom stereocenters. The molecule has 4 heteroatoms. The molecule has 0 radical (unpaired) electrons. The number of carbonyl (C=O) groups excluding carboxylic acids is 1. The lowest BCUT2D eigenvalue weighted by Crippen LogP contribution is -2.29. The van der Waals surface area contributed by atoms with Crippen molar-refractivity contribution in [2.24, 2.45) is 10.8 Å². The van der Waals surface area contributed by atoms with E-state index in [-0.39, 0.29) is 11.9 Å². The first kappa shape index (κ1) is 9.19. The molecule has 0 saturated heterocycles. The maximum atomic E-state index is 11.3. The zero-order valence-electron chi connectivity index (χ0n) is 7.58. The van der Waals surface area contributed by atoms with Crippen LogP contribution in [0, 0.1) is 0 Å². The first-order valence-corrected chi connectivity index (χ1v) is 4.27. The number of amides is 1. The summed E-state index contributed by atoms with van der Waals surface area (Å²) < 4.78 is 0. The van der Waals surface area contributed by atoms with Crippen LogP contribution >= 0.6 is 0 Å². The van der Waals surface area contributed by atoms with Crippen LogP contribution in [0.1, 0.15) is 26.7 Å². The summed E-state index contributed by atoms with van der Waals surface area (Å²) in [5.41, 5.74) is 6.18. The van der Waals surface area contributed by atoms with Crippen molar-refractivity contribution in [3.05, 3.63) is 0 Å². The number of hydrazone groups is 1. The molecule has 0 saturated carbocycles. The van der Waals surface area contributed by atoms with Crippen LogP contribution in [-0.2, 0) is 4.79 Å². The van der Waals surface area contributed by atoms with Gasteiger partial charge in [-0.3, -0.25) is 4.79 Å². The molecule has 1 amide bonds. The monoisotopic (exact) mass is 169 g/mol. The van der Waals surface area contributed by atoms with Gasteiger partial charge in [-0.2, -0.15) is 5.10 Å². The fourth-order valence-electron chi connectivity index (χ4n) is 1.13. The molecule has 0 aromatic rings. The number of hydrogen-bond donors (Lipinski definition) is 1. The van der Waals surface area contributed by atoms with Gasteiger partial charge < -0.3 is 5.73 Å². The Balaban J connectivity index is 2.66. The Morgan fingerprint density at radius 1 is 1.75 bits per heavy atom. The Bertz CT molecular complexity index is 212. The number of nitrogens with two attached hydrogens (primary N) is 1. The molecular formula is C8H15N3O. The van der Waals surface area contributed by atoms with Gasteiger partial charge in [0.1, 0.15) is 0 Å². The minimum atomic E-state index is 0.0739. The fraction of sp³-hybridized carbons (Fsp3) is 0.750. The fourth-order valence-corrected chi connectivity index (χ4v) is 1.13. The highest BCUT2D eigenvalue weighted by molar-refractivity contribution is 6.05. The van der Waals surface area contributed by atoms with Crippen LogP contribution < -0.4 is 5.73 Å². The van der Waals surface area contributed by atoms with Gasteiger partial charge in [0.15, 0.2) is 0 Å². The van der Waals surface area contributed by atoms with E-state index in [1.54, 1.807) is 5.01 Å². The quantitative estimate of drug-likeness (QED) is 0.662. The summed E-state index contributed by atoms with van der Waals surface area (Å²) in [5, 5.41) is 5.68. The molecule has 0 bridgehead atoms. The highest BCUT2D eigenvalue weighted by Crippen LogP contribution is 2.13. The van der Waals surface area contributed by atoms with Crippen LogP contribution in [0.5, 0.6) is 0 Å². The van der Waals surface area contributed by atoms with Crippen LogP contribution in [0.25, 0.3) is 0 Å². The minimum Gasteiger partial charge on any atom is -0.325 e. The molecule has 0 fully saturated rings. The third-order valence-electron chi connectivity index (χ3n) is 2.10. The Morgan fingerprint density at radius 3 is 2.83 bits per heavy atom. The number of rotatable bonds is 3. The van der Waals surface area contributed by atoms with Crippen LogP contribution in [0.4, 0.5) is 0 Å². The summed E-state index contributed by atoms with van der Waals surface area (Å²) in [6.07, 6.45) is 1.33. The topological polar surface area (TPSA) is 58.7 Å². The summed E-state index contributed by atoms with van der Waals surface area (Å²) in [5.74, 6) is 0.0739. The summed E-state index contributed by atoms with van der Waals surface area (Å²) in [4.78, 5) is 11.3. The number of nitrogens with zero attached hydrogens (tertiary/aromatic N) is 2. The van der Waals surface area contributed by atoms with Gasteiger partial charge in [0.25, 0.3) is 0 Å². The molecule has 12 heavy (non-hydrogen) atoms. The molecule has 2 N–H and O–H groups in total. The zero-order chi connectivity index (χ0) is 9.14. The van der Waals surface area contributed by atoms with Crippen molar-refractivity contribution in [2.75, 3.05) is 6.54 Å². The highest BCUT2D eigenvalue weighted by Gasteiger charge is 2.25. The molecule has 1 heterocycles. The van der Waals surface area contributed by atoms with Gasteiger partial charge in [-0.15, -0.1) is 0 Å². The largest absolute Gasteiger partial charge is 0.325 e. The van der Waals surface area contributed by atoms with E-state index in [9.17, 15) is 4.79 Å². The standard InChI is InChI=1S/C8H15N3O/c1-3-6(2)11-8(12)4-7(5-9)10-11/h6H,3-5,9H2,1-2H3. The molecule has 0 aromatic heterocycles. The highest BCUT2D eigenvalue weighted by atomic mass is 16.2. The first-order valence-electron chi connectivity index (χ1n) is 4.27. The van der Waals surface area contributed by atoms with E-state index in [0.717, 1.165) is 12.1 Å². The lowest BCUT2D eigenvalue weighted by Gasteiger charge is -2.18. The van der Waals surface area contributed by atoms with Gasteiger partial charge in [0.05, 0.1) is 18.2 Å². The summed E-state index contributed by atoms with van der Waals surface area (Å²) in [6, 6.07) is 0.196. The lowest BCUT2D eigenvalue weighted by molar-refractivity contribution is -0.130. The van der Waals surface area contributed by atoms with Crippen LogP contribution in [0.3, 0.4) is 0 Å². The van der Waals surface area contributed by atoms with Crippen molar-refractivity contribution >= 4 is 11.6 Å². The van der Waals surface area contributed by atoms with Gasteiger partial charge >= 0.3 is 0 Å². The Morgan fingerprint density at radius 2 is 2.42 bits per heavy atom. The van der Waals surface area contributed by atoms with Crippen LogP contribution in [0.2, 0.25) is 0 Å². The second-order valence-electron chi connectivity index (χ2n) is 3.04. The number of hydrogen-bond acceptors (Lipinski definition) is 3. The summed E-state index contributed by atoms with van der Waals surface area (Å²) in [7, 11) is 0. The van der Waals surface area contributed by atoms with Crippen molar-refractivity contribution in [3.63, 3.8) is 0 Å². The van der Waals surface area contributed by atoms with E-state index in [4.69, 9.17) is 5.73 Å². The average Bonchev–Trinajstić information content (AvgIpc) is 2.45. The molecule has 1 aliphatic rings. The molecule has 0 aromatic carbocycles. The Hall–Kier alpha value is -0.900. The van der Waals surface area contributed by atoms with E-state index in [0.29, 0.717) is 13.0 Å². The molecule has 0 spiro atoms. The van der Waals surface area contributed by atoms with Gasteiger partial charge in [0.2, 0.25) is 5.91 Å². The van der Waals surface area contributed by atoms with Gasteiger partial charge in [-0.05, 0) is 13.3 Å². The lowest BCUT2D eigenvalue weighted by atomic mass is 10.2. The van der Waals surface area contributed by atoms with Crippen molar-refractivity contribution in [1.29, 1.82) is 0 Å². The molecule has 68 valence electrons. The molecule has 4 nitrogen and oxygen atoms in total. The first-order chi connectivity index (χ1) is 5.69. The minimum absolute atomic E-state index is 0.0739. The van der Waals surface area contributed by atoms with Crippen molar-refractivity contribution in [1.82, 2.24) is 5.01 Å². The Labute approximate surface area is 72.4 Å². The Kier molecular flexibility index (Phi) is 2.81. The summed E-state index contributed by atoms with van der Waals surface area (Å²) >= 11 is 0. The normalized spacial score (nSPS) is 19.8. The maximum Gasteiger partial charge on any atom is 0.248 e. The predicted octanol–water partition coefficient (Wildman–Crippen LogP) is 0.332. The van der Waals surface area contributed by atoms with E-state index in [1.165, 1.54) is 0 Å². The molecule has 1 aliphatic heterocycles. The molecular weight excluding hydrogens is 154 g/mol. The molecule has 0 aliphatic carbocycles. The average molecular weight is 169 g/mol. The van der Waals surface area contributed by atoms with Gasteiger partial charge in [0, 0.05) is 6.54 Å². The number of carbonyl (C=O) groups is 1. The third-order valence-corrected chi connectivity index (χ3v) is 2.10. The maximum absolute atomic E-state index is 11.3. The van der Waals surface area contributed by atoms with E-state index in [2.05, 4.69) is 5.10 Å². The second kappa shape index (κ2) is 3.67. The van der Waals surface area contributed by atoms with Crippen molar-refractivity contribution in [3.8, 4) is 0 Å². The second-order valence-corrected chi connectivity index (χ2v) is 3.04. The molecule has 1 unspecified atom stereocenters. The van der Waals surface area contributed by atoms with Gasteiger partial charge in [-0.1, -0.05) is 6.92 Å². The predicted molar refractivity (Wildman–Crippen MR) is 47.7 cm³/mol. The van der Waals surface area contributed by atoms with Crippen molar-refractivity contribution < 1.29 is 4.79 Å². The van der Waals surface area contributed by atoms with Crippen LogP contribution in [-0.4, -0.2) is 29.2 Å². The summed E-state index contributed by atoms with van der Waals surface area (Å²) in [6.45, 7) is 4.41. The SMILES string of the molecule is CCC(C)N1N=C(CN)CC1=O. The molecule has 1 rings (SSSR count). The van der Waals surface area contributed by atoms with E-state index in [1.807, 2.05) is 13.8 Å².